The molecular formula is C12H17BrClFN2. The highest BCUT2D eigenvalue weighted by molar-refractivity contribution is 9.10. The summed E-state index contributed by atoms with van der Waals surface area (Å²) in [5.74, 6) is -0.187. The number of likely N-dealkylation sites (tertiary alicyclic amines) is 1. The fourth-order valence-electron chi connectivity index (χ4n) is 2.31. The van der Waals surface area contributed by atoms with E-state index in [0.717, 1.165) is 29.5 Å². The van der Waals surface area contributed by atoms with Gasteiger partial charge in [0, 0.05) is 23.6 Å². The largest absolute Gasteiger partial charge is 0.329 e. The van der Waals surface area contributed by atoms with Crippen molar-refractivity contribution in [2.75, 3.05) is 13.1 Å². The molecule has 0 spiro atoms. The Hall–Kier alpha value is -0.160. The molecule has 17 heavy (non-hydrogen) atoms. The maximum Gasteiger partial charge on any atom is 0.124 e. The van der Waals surface area contributed by atoms with E-state index in [1.807, 2.05) is 6.07 Å². The highest BCUT2D eigenvalue weighted by atomic mass is 79.9. The Bertz CT molecular complexity index is 355. The summed E-state index contributed by atoms with van der Waals surface area (Å²) < 4.78 is 14.0. The molecule has 1 saturated heterocycles. The Morgan fingerprint density at radius 1 is 1.41 bits per heavy atom. The molecule has 1 unspecified atom stereocenters. The van der Waals surface area contributed by atoms with Crippen LogP contribution in [0.3, 0.4) is 0 Å². The second-order valence-electron chi connectivity index (χ2n) is 4.28. The van der Waals surface area contributed by atoms with Crippen LogP contribution in [0.25, 0.3) is 0 Å². The van der Waals surface area contributed by atoms with Gasteiger partial charge in [0.05, 0.1) is 0 Å². The second-order valence-corrected chi connectivity index (χ2v) is 5.20. The van der Waals surface area contributed by atoms with Crippen molar-refractivity contribution in [3.63, 3.8) is 0 Å². The minimum atomic E-state index is -0.187. The smallest absolute Gasteiger partial charge is 0.124 e. The van der Waals surface area contributed by atoms with Gasteiger partial charge in [-0.25, -0.2) is 4.39 Å². The van der Waals surface area contributed by atoms with E-state index in [4.69, 9.17) is 5.73 Å². The van der Waals surface area contributed by atoms with E-state index >= 15 is 0 Å². The SMILES string of the molecule is Cl.NCC1CCCN1Cc1cc(F)cc(Br)c1. The first-order valence-corrected chi connectivity index (χ1v) is 6.37. The fraction of sp³-hybridized carbons (Fsp3) is 0.500. The average molecular weight is 324 g/mol. The summed E-state index contributed by atoms with van der Waals surface area (Å²) in [7, 11) is 0. The lowest BCUT2D eigenvalue weighted by molar-refractivity contribution is 0.250. The first-order valence-electron chi connectivity index (χ1n) is 5.58. The Labute approximate surface area is 116 Å². The van der Waals surface area contributed by atoms with Crippen LogP contribution in [0.2, 0.25) is 0 Å². The third-order valence-electron chi connectivity index (χ3n) is 3.08. The van der Waals surface area contributed by atoms with Crippen LogP contribution in [0.1, 0.15) is 18.4 Å². The van der Waals surface area contributed by atoms with Crippen LogP contribution in [0.15, 0.2) is 22.7 Å². The summed E-state index contributed by atoms with van der Waals surface area (Å²) >= 11 is 3.31. The summed E-state index contributed by atoms with van der Waals surface area (Å²) in [5, 5.41) is 0. The lowest BCUT2D eigenvalue weighted by Gasteiger charge is -2.23. The van der Waals surface area contributed by atoms with Crippen LogP contribution in [0, 0.1) is 5.82 Å². The van der Waals surface area contributed by atoms with Crippen molar-refractivity contribution in [1.29, 1.82) is 0 Å². The van der Waals surface area contributed by atoms with E-state index in [9.17, 15) is 4.39 Å². The molecule has 0 saturated carbocycles. The van der Waals surface area contributed by atoms with Gasteiger partial charge in [0.2, 0.25) is 0 Å². The predicted molar refractivity (Wildman–Crippen MR) is 73.8 cm³/mol. The minimum Gasteiger partial charge on any atom is -0.329 e. The molecule has 1 aromatic carbocycles. The predicted octanol–water partition coefficient (Wildman–Crippen LogP) is 2.93. The number of halogens is 3. The zero-order chi connectivity index (χ0) is 11.5. The van der Waals surface area contributed by atoms with Crippen LogP contribution in [0.4, 0.5) is 4.39 Å². The second kappa shape index (κ2) is 6.69. The molecular weight excluding hydrogens is 307 g/mol. The molecule has 2 nitrogen and oxygen atoms in total. The van der Waals surface area contributed by atoms with Gasteiger partial charge in [-0.05, 0) is 43.1 Å². The van der Waals surface area contributed by atoms with Gasteiger partial charge in [0.15, 0.2) is 0 Å². The molecule has 1 fully saturated rings. The molecule has 96 valence electrons. The molecule has 5 heteroatoms. The van der Waals surface area contributed by atoms with Crippen molar-refractivity contribution in [2.24, 2.45) is 5.73 Å². The van der Waals surface area contributed by atoms with Crippen molar-refractivity contribution >= 4 is 28.3 Å². The summed E-state index contributed by atoms with van der Waals surface area (Å²) in [5.41, 5.74) is 6.72. The highest BCUT2D eigenvalue weighted by Gasteiger charge is 2.22. The van der Waals surface area contributed by atoms with Crippen molar-refractivity contribution in [3.05, 3.63) is 34.1 Å². The van der Waals surface area contributed by atoms with E-state index in [1.54, 1.807) is 6.07 Å². The molecule has 0 aromatic heterocycles. The molecule has 0 radical (unpaired) electrons. The lowest BCUT2D eigenvalue weighted by Crippen LogP contribution is -2.34. The van der Waals surface area contributed by atoms with Crippen LogP contribution in [0.5, 0.6) is 0 Å². The molecule has 1 atom stereocenters. The van der Waals surface area contributed by atoms with E-state index in [1.165, 1.54) is 12.5 Å². The maximum atomic E-state index is 13.2. The first kappa shape index (κ1) is 14.9. The van der Waals surface area contributed by atoms with E-state index in [2.05, 4.69) is 20.8 Å². The number of hydrogen-bond acceptors (Lipinski definition) is 2. The lowest BCUT2D eigenvalue weighted by atomic mass is 10.2. The van der Waals surface area contributed by atoms with Gasteiger partial charge in [-0.2, -0.15) is 0 Å². The van der Waals surface area contributed by atoms with Gasteiger partial charge in [-0.3, -0.25) is 4.90 Å². The average Bonchev–Trinajstić information content (AvgIpc) is 2.63. The van der Waals surface area contributed by atoms with Gasteiger partial charge >= 0.3 is 0 Å². The monoisotopic (exact) mass is 322 g/mol. The Morgan fingerprint density at radius 3 is 2.82 bits per heavy atom. The highest BCUT2D eigenvalue weighted by Crippen LogP contribution is 2.21. The molecule has 0 bridgehead atoms. The molecule has 2 N–H and O–H groups in total. The normalized spacial score (nSPS) is 20.3. The topological polar surface area (TPSA) is 29.3 Å². The third-order valence-corrected chi connectivity index (χ3v) is 3.54. The number of hydrogen-bond donors (Lipinski definition) is 1. The van der Waals surface area contributed by atoms with Crippen molar-refractivity contribution < 1.29 is 4.39 Å². The van der Waals surface area contributed by atoms with Gasteiger partial charge in [0.25, 0.3) is 0 Å². The summed E-state index contributed by atoms with van der Waals surface area (Å²) in [6, 6.07) is 5.50. The van der Waals surface area contributed by atoms with E-state index in [-0.39, 0.29) is 18.2 Å². The fourth-order valence-corrected chi connectivity index (χ4v) is 2.82. The van der Waals surface area contributed by atoms with Gasteiger partial charge in [-0.1, -0.05) is 15.9 Å². The third kappa shape index (κ3) is 3.91. The van der Waals surface area contributed by atoms with Crippen LogP contribution in [-0.4, -0.2) is 24.0 Å². The summed E-state index contributed by atoms with van der Waals surface area (Å²) in [6.45, 7) is 2.55. The molecule has 1 aliphatic heterocycles. The Balaban J connectivity index is 0.00000144. The minimum absolute atomic E-state index is 0. The van der Waals surface area contributed by atoms with Crippen molar-refractivity contribution in [2.45, 2.75) is 25.4 Å². The van der Waals surface area contributed by atoms with Gasteiger partial charge in [0.1, 0.15) is 5.82 Å². The molecule has 2 rings (SSSR count). The van der Waals surface area contributed by atoms with Gasteiger partial charge in [-0.15, -0.1) is 12.4 Å². The zero-order valence-electron chi connectivity index (χ0n) is 9.53. The number of nitrogens with two attached hydrogens (primary N) is 1. The van der Waals surface area contributed by atoms with Crippen molar-refractivity contribution in [3.8, 4) is 0 Å². The molecule has 0 amide bonds. The van der Waals surface area contributed by atoms with Crippen LogP contribution >= 0.6 is 28.3 Å². The number of rotatable bonds is 3. The van der Waals surface area contributed by atoms with Gasteiger partial charge < -0.3 is 5.73 Å². The molecule has 1 aromatic rings. The van der Waals surface area contributed by atoms with Crippen LogP contribution in [-0.2, 0) is 6.54 Å². The van der Waals surface area contributed by atoms with Crippen molar-refractivity contribution in [1.82, 2.24) is 4.90 Å². The maximum absolute atomic E-state index is 13.2. The molecule has 0 aliphatic carbocycles. The van der Waals surface area contributed by atoms with Crippen LogP contribution < -0.4 is 5.73 Å². The Kier molecular flexibility index (Phi) is 5.86. The van der Waals surface area contributed by atoms with E-state index in [0.29, 0.717) is 12.6 Å². The Morgan fingerprint density at radius 2 is 2.18 bits per heavy atom. The molecule has 1 heterocycles. The number of nitrogens with zero attached hydrogens (tertiary/aromatic N) is 1. The van der Waals surface area contributed by atoms with E-state index < -0.39 is 0 Å². The summed E-state index contributed by atoms with van der Waals surface area (Å²) in [4.78, 5) is 2.33. The molecule has 1 aliphatic rings. The number of benzene rings is 1. The standard InChI is InChI=1S/C12H16BrFN2.ClH/c13-10-4-9(5-11(14)6-10)8-16-3-1-2-12(16)7-15;/h4-6,12H,1-3,7-8,15H2;1H. The zero-order valence-corrected chi connectivity index (χ0v) is 11.9. The quantitative estimate of drug-likeness (QED) is 0.927. The summed E-state index contributed by atoms with van der Waals surface area (Å²) in [6.07, 6.45) is 2.35. The first-order chi connectivity index (χ1) is 7.69.